The molecule has 0 bridgehead atoms. The van der Waals surface area contributed by atoms with Crippen LogP contribution in [0.1, 0.15) is 53.5 Å². The molecule has 1 amide bonds. The molecule has 3 aromatic rings. The highest BCUT2D eigenvalue weighted by molar-refractivity contribution is 6.02. The van der Waals surface area contributed by atoms with E-state index in [1.165, 1.54) is 18.2 Å². The summed E-state index contributed by atoms with van der Waals surface area (Å²) in [7, 11) is 3.15. The Morgan fingerprint density at radius 2 is 1.73 bits per heavy atom. The van der Waals surface area contributed by atoms with Crippen molar-refractivity contribution in [2.24, 2.45) is 5.73 Å². The van der Waals surface area contributed by atoms with Crippen LogP contribution < -0.4 is 19.9 Å². The van der Waals surface area contributed by atoms with Gasteiger partial charge in [-0.15, -0.1) is 13.2 Å². The minimum Gasteiger partial charge on any atom is -0.493 e. The van der Waals surface area contributed by atoms with Crippen LogP contribution >= 0.6 is 0 Å². The molecule has 0 aliphatic heterocycles. The summed E-state index contributed by atoms with van der Waals surface area (Å²) in [6.07, 6.45) is -0.712. The van der Waals surface area contributed by atoms with Crippen LogP contribution in [0.3, 0.4) is 0 Å². The van der Waals surface area contributed by atoms with E-state index in [0.717, 1.165) is 30.5 Å². The summed E-state index contributed by atoms with van der Waals surface area (Å²) in [5.41, 5.74) is 9.68. The van der Waals surface area contributed by atoms with Crippen LogP contribution in [0, 0.1) is 6.92 Å². The maximum atomic E-state index is 12.9. The second-order valence-corrected chi connectivity index (χ2v) is 8.77. The van der Waals surface area contributed by atoms with E-state index in [1.807, 2.05) is 25.1 Å². The number of amides is 1. The number of hydrogen-bond donors (Lipinski definition) is 1. The maximum absolute atomic E-state index is 12.9. The second kappa shape index (κ2) is 12.1. The molecule has 3 rings (SSSR count). The summed E-state index contributed by atoms with van der Waals surface area (Å²) < 4.78 is 55.6. The van der Waals surface area contributed by atoms with E-state index >= 15 is 0 Å². The van der Waals surface area contributed by atoms with Crippen LogP contribution in [0.5, 0.6) is 17.2 Å². The highest BCUT2D eigenvalue weighted by Crippen LogP contribution is 2.37. The van der Waals surface area contributed by atoms with Crippen LogP contribution in [-0.4, -0.2) is 31.1 Å². The van der Waals surface area contributed by atoms with Crippen LogP contribution in [-0.2, 0) is 19.4 Å². The van der Waals surface area contributed by atoms with E-state index in [0.29, 0.717) is 53.3 Å². The zero-order valence-electron chi connectivity index (χ0n) is 21.6. The number of alkyl halides is 3. The lowest BCUT2D eigenvalue weighted by atomic mass is 9.97. The zero-order chi connectivity index (χ0) is 27.2. The Labute approximate surface area is 215 Å². The molecule has 0 spiro atoms. The van der Waals surface area contributed by atoms with Crippen molar-refractivity contribution in [3.05, 3.63) is 65.0 Å². The number of aromatic nitrogens is 1. The molecule has 200 valence electrons. The number of nitrogens with zero attached hydrogens (tertiary/aromatic N) is 1. The van der Waals surface area contributed by atoms with Gasteiger partial charge in [-0.25, -0.2) is 0 Å². The third kappa shape index (κ3) is 6.78. The topological polar surface area (TPSA) is 75.7 Å². The Hall–Kier alpha value is -3.62. The number of hydrogen-bond acceptors (Lipinski definition) is 4. The molecule has 0 aliphatic carbocycles. The van der Waals surface area contributed by atoms with Crippen LogP contribution in [0.25, 0.3) is 11.1 Å². The highest BCUT2D eigenvalue weighted by Gasteiger charge is 2.31. The first-order valence-electron chi connectivity index (χ1n) is 12.2. The van der Waals surface area contributed by atoms with Crippen molar-refractivity contribution in [2.75, 3.05) is 14.2 Å². The molecular weight excluding hydrogens is 485 g/mol. The van der Waals surface area contributed by atoms with Crippen molar-refractivity contribution < 1.29 is 32.2 Å². The Balaban J connectivity index is 2.09. The SMILES string of the molecule is CCCCCc1c(-c2cccc(OC(F)(F)F)c2)c(C(N)=O)c(C)n1CCc1ccc(OC)c(OC)c1. The van der Waals surface area contributed by atoms with Gasteiger partial charge in [0.05, 0.1) is 19.8 Å². The van der Waals surface area contributed by atoms with Crippen LogP contribution in [0.2, 0.25) is 0 Å². The molecule has 0 fully saturated rings. The standard InChI is InChI=1S/C28H33F3N2O4/c1-5-6-7-11-22-26(20-9-8-10-21(17-20)37-28(29,30)31)25(27(32)34)18(2)33(22)15-14-19-12-13-23(35-3)24(16-19)36-4/h8-10,12-13,16-17H,5-7,11,14-15H2,1-4H3,(H2,32,34). The molecule has 0 radical (unpaired) electrons. The van der Waals surface area contributed by atoms with E-state index in [4.69, 9.17) is 15.2 Å². The molecule has 2 N–H and O–H groups in total. The fourth-order valence-electron chi connectivity index (χ4n) is 4.64. The molecule has 0 saturated carbocycles. The van der Waals surface area contributed by atoms with E-state index in [2.05, 4.69) is 16.2 Å². The van der Waals surface area contributed by atoms with Crippen molar-refractivity contribution in [3.8, 4) is 28.4 Å². The lowest BCUT2D eigenvalue weighted by Crippen LogP contribution is -2.17. The normalized spacial score (nSPS) is 11.4. The molecule has 9 heteroatoms. The minimum atomic E-state index is -4.82. The van der Waals surface area contributed by atoms with Gasteiger partial charge >= 0.3 is 6.36 Å². The molecule has 0 unspecified atom stereocenters. The number of halogens is 3. The van der Waals surface area contributed by atoms with Gasteiger partial charge in [-0.3, -0.25) is 4.79 Å². The molecule has 2 aromatic carbocycles. The fourth-order valence-corrected chi connectivity index (χ4v) is 4.64. The maximum Gasteiger partial charge on any atom is 0.573 e. The van der Waals surface area contributed by atoms with E-state index in [-0.39, 0.29) is 5.75 Å². The van der Waals surface area contributed by atoms with Gasteiger partial charge in [0, 0.05) is 23.5 Å². The Kier molecular flexibility index (Phi) is 9.13. The first kappa shape index (κ1) is 28.0. The molecule has 37 heavy (non-hydrogen) atoms. The summed E-state index contributed by atoms with van der Waals surface area (Å²) >= 11 is 0. The van der Waals surface area contributed by atoms with Gasteiger partial charge in [0.1, 0.15) is 5.75 Å². The average Bonchev–Trinajstić information content (AvgIpc) is 3.13. The van der Waals surface area contributed by atoms with Crippen LogP contribution in [0.4, 0.5) is 13.2 Å². The van der Waals surface area contributed by atoms with E-state index < -0.39 is 12.3 Å². The van der Waals surface area contributed by atoms with E-state index in [1.54, 1.807) is 20.3 Å². The number of carbonyl (C=O) groups is 1. The summed E-state index contributed by atoms with van der Waals surface area (Å²) in [5, 5.41) is 0. The highest BCUT2D eigenvalue weighted by atomic mass is 19.4. The first-order valence-corrected chi connectivity index (χ1v) is 12.2. The smallest absolute Gasteiger partial charge is 0.493 e. The number of unbranched alkanes of at least 4 members (excludes halogenated alkanes) is 2. The van der Waals surface area contributed by atoms with Gasteiger partial charge in [0.2, 0.25) is 0 Å². The molecule has 6 nitrogen and oxygen atoms in total. The zero-order valence-corrected chi connectivity index (χ0v) is 21.6. The molecular formula is C28H33F3N2O4. The second-order valence-electron chi connectivity index (χ2n) is 8.77. The molecule has 0 aliphatic rings. The van der Waals surface area contributed by atoms with Gasteiger partial charge < -0.3 is 24.5 Å². The molecule has 1 heterocycles. The van der Waals surface area contributed by atoms with Gasteiger partial charge in [-0.05, 0) is 61.6 Å². The van der Waals surface area contributed by atoms with Gasteiger partial charge in [0.25, 0.3) is 5.91 Å². The number of benzene rings is 2. The number of nitrogens with two attached hydrogens (primary N) is 1. The lowest BCUT2D eigenvalue weighted by Gasteiger charge is -2.15. The minimum absolute atomic E-state index is 0.308. The van der Waals surface area contributed by atoms with Crippen molar-refractivity contribution in [2.45, 2.75) is 58.9 Å². The Bertz CT molecular complexity index is 1230. The van der Waals surface area contributed by atoms with Gasteiger partial charge in [-0.2, -0.15) is 0 Å². The largest absolute Gasteiger partial charge is 0.573 e. The number of ether oxygens (including phenoxy) is 3. The van der Waals surface area contributed by atoms with E-state index in [9.17, 15) is 18.0 Å². The van der Waals surface area contributed by atoms with Crippen molar-refractivity contribution in [1.29, 1.82) is 0 Å². The summed E-state index contributed by atoms with van der Waals surface area (Å²) in [5.74, 6) is 0.266. The molecule has 0 atom stereocenters. The van der Waals surface area contributed by atoms with Crippen LogP contribution in [0.15, 0.2) is 42.5 Å². The average molecular weight is 519 g/mol. The quantitative estimate of drug-likeness (QED) is 0.280. The van der Waals surface area contributed by atoms with Crippen molar-refractivity contribution in [1.82, 2.24) is 4.57 Å². The van der Waals surface area contributed by atoms with Gasteiger partial charge in [-0.1, -0.05) is 38.0 Å². The molecule has 0 saturated heterocycles. The summed E-state index contributed by atoms with van der Waals surface area (Å²) in [6, 6.07) is 11.4. The first-order chi connectivity index (χ1) is 17.6. The number of primary amides is 1. The summed E-state index contributed by atoms with van der Waals surface area (Å²) in [4.78, 5) is 12.6. The predicted octanol–water partition coefficient (Wildman–Crippen LogP) is 6.45. The summed E-state index contributed by atoms with van der Waals surface area (Å²) in [6.45, 7) is 4.45. The number of rotatable bonds is 12. The third-order valence-corrected chi connectivity index (χ3v) is 6.32. The monoisotopic (exact) mass is 518 g/mol. The number of carbonyl (C=O) groups excluding carboxylic acids is 1. The fraction of sp³-hybridized carbons (Fsp3) is 0.393. The van der Waals surface area contributed by atoms with Crippen molar-refractivity contribution in [3.63, 3.8) is 0 Å². The predicted molar refractivity (Wildman–Crippen MR) is 136 cm³/mol. The Morgan fingerprint density at radius 1 is 1.00 bits per heavy atom. The van der Waals surface area contributed by atoms with Crippen molar-refractivity contribution >= 4 is 5.91 Å². The third-order valence-electron chi connectivity index (χ3n) is 6.32. The van der Waals surface area contributed by atoms with Gasteiger partial charge in [0.15, 0.2) is 11.5 Å². The lowest BCUT2D eigenvalue weighted by molar-refractivity contribution is -0.274. The molecule has 1 aromatic heterocycles. The number of aryl methyl sites for hydroxylation is 1. The Morgan fingerprint density at radius 3 is 2.35 bits per heavy atom. The number of methoxy groups -OCH3 is 2.